The molecule has 3 heteroatoms. The molecule has 6 rings (SSSR count). The first-order valence-electron chi connectivity index (χ1n) is 14.8. The van der Waals surface area contributed by atoms with Gasteiger partial charge >= 0.3 is 0 Å². The lowest BCUT2D eigenvalue weighted by Gasteiger charge is -2.37. The van der Waals surface area contributed by atoms with Crippen LogP contribution >= 0.6 is 19.7 Å². The summed E-state index contributed by atoms with van der Waals surface area (Å²) >= 11 is 1.92. The van der Waals surface area contributed by atoms with E-state index in [1.807, 2.05) is 11.8 Å². The Balaban J connectivity index is 1.43. The van der Waals surface area contributed by atoms with Gasteiger partial charge in [-0.2, -0.15) is 0 Å². The van der Waals surface area contributed by atoms with Crippen LogP contribution in [0.4, 0.5) is 5.69 Å². The normalized spacial score (nSPS) is 16.1. The lowest BCUT2D eigenvalue weighted by Crippen LogP contribution is -2.34. The number of thioether (sulfide) groups is 1. The molecule has 41 heavy (non-hydrogen) atoms. The molecule has 0 aliphatic heterocycles. The number of benzene rings is 5. The Hall–Kier alpha value is -3.32. The first-order valence-corrected chi connectivity index (χ1v) is 17.1. The van der Waals surface area contributed by atoms with Gasteiger partial charge < -0.3 is 5.32 Å². The Labute approximate surface area is 251 Å². The lowest BCUT2D eigenvalue weighted by atomic mass is 9.71. The minimum absolute atomic E-state index is 0.0175. The summed E-state index contributed by atoms with van der Waals surface area (Å²) in [7, 11) is -0.686. The maximum absolute atomic E-state index is 3.89. The number of hydrogen-bond acceptors (Lipinski definition) is 2. The van der Waals surface area contributed by atoms with Gasteiger partial charge in [0.15, 0.2) is 0 Å². The molecule has 0 saturated carbocycles. The fourth-order valence-electron chi connectivity index (χ4n) is 6.69. The van der Waals surface area contributed by atoms with Gasteiger partial charge in [0.25, 0.3) is 0 Å². The zero-order chi connectivity index (χ0) is 28.1. The van der Waals surface area contributed by atoms with Crippen molar-refractivity contribution in [3.8, 4) is 0 Å². The van der Waals surface area contributed by atoms with Crippen LogP contribution in [0.15, 0.2) is 132 Å². The van der Waals surface area contributed by atoms with E-state index < -0.39 is 7.92 Å². The average molecular weight is 572 g/mol. The van der Waals surface area contributed by atoms with Gasteiger partial charge in [0.2, 0.25) is 0 Å². The molecule has 0 bridgehead atoms. The van der Waals surface area contributed by atoms with Crippen molar-refractivity contribution >= 4 is 41.3 Å². The Morgan fingerprint density at radius 1 is 0.707 bits per heavy atom. The van der Waals surface area contributed by atoms with E-state index in [0.717, 1.165) is 31.6 Å². The molecule has 1 aliphatic carbocycles. The number of nitrogens with one attached hydrogen (secondary N) is 1. The predicted molar refractivity (Wildman–Crippen MR) is 181 cm³/mol. The van der Waals surface area contributed by atoms with Gasteiger partial charge in [0, 0.05) is 28.3 Å². The first-order chi connectivity index (χ1) is 20.2. The van der Waals surface area contributed by atoms with Gasteiger partial charge in [0.05, 0.1) is 0 Å². The van der Waals surface area contributed by atoms with Crippen LogP contribution in [0.5, 0.6) is 0 Å². The third-order valence-corrected chi connectivity index (χ3v) is 12.0. The van der Waals surface area contributed by atoms with Crippen LogP contribution in [0.3, 0.4) is 0 Å². The highest BCUT2D eigenvalue weighted by molar-refractivity contribution is 7.99. The van der Waals surface area contributed by atoms with Gasteiger partial charge in [-0.3, -0.25) is 0 Å². The smallest absolute Gasteiger partial charge is 0.0384 e. The molecule has 5 aromatic carbocycles. The molecule has 1 aliphatic rings. The van der Waals surface area contributed by atoms with E-state index in [2.05, 4.69) is 147 Å². The molecule has 206 valence electrons. The highest BCUT2D eigenvalue weighted by atomic mass is 32.2. The highest BCUT2D eigenvalue weighted by Crippen LogP contribution is 2.52. The SMILES string of the molecule is CC[C@]1(c2c(C)cccc2NCCSc2ccccc2)CCc2cccc(P(c3ccccc3)c3ccccc3)c21. The van der Waals surface area contributed by atoms with E-state index in [0.29, 0.717) is 0 Å². The second-order valence-corrected chi connectivity index (χ2v) is 14.2. The third-order valence-electron chi connectivity index (χ3n) is 8.48. The fraction of sp³-hybridized carbons (Fsp3) is 0.211. The van der Waals surface area contributed by atoms with E-state index in [4.69, 9.17) is 0 Å². The summed E-state index contributed by atoms with van der Waals surface area (Å²) < 4.78 is 0. The van der Waals surface area contributed by atoms with Gasteiger partial charge in [-0.1, -0.05) is 116 Å². The molecule has 0 saturated heterocycles. The van der Waals surface area contributed by atoms with Crippen LogP contribution in [-0.2, 0) is 11.8 Å². The van der Waals surface area contributed by atoms with Crippen LogP contribution in [0.1, 0.15) is 42.0 Å². The summed E-state index contributed by atoms with van der Waals surface area (Å²) in [5, 5.41) is 8.24. The minimum Gasteiger partial charge on any atom is -0.384 e. The van der Waals surface area contributed by atoms with Crippen LogP contribution < -0.4 is 21.2 Å². The van der Waals surface area contributed by atoms with E-state index in [9.17, 15) is 0 Å². The molecule has 1 atom stereocenters. The molecule has 0 spiro atoms. The molecule has 0 unspecified atom stereocenters. The van der Waals surface area contributed by atoms with Crippen molar-refractivity contribution in [3.05, 3.63) is 150 Å². The van der Waals surface area contributed by atoms with Crippen molar-refractivity contribution < 1.29 is 0 Å². The Bertz CT molecular complexity index is 1550. The number of fused-ring (bicyclic) bond motifs is 1. The second kappa shape index (κ2) is 12.7. The predicted octanol–water partition coefficient (Wildman–Crippen LogP) is 8.60. The van der Waals surface area contributed by atoms with Gasteiger partial charge in [-0.05, 0) is 90.5 Å². The summed E-state index contributed by atoms with van der Waals surface area (Å²) in [6.07, 6.45) is 3.37. The van der Waals surface area contributed by atoms with Crippen molar-refractivity contribution in [2.45, 2.75) is 43.4 Å². The molecule has 5 aromatic rings. The molecule has 1 N–H and O–H groups in total. The molecular weight excluding hydrogens is 533 g/mol. The summed E-state index contributed by atoms with van der Waals surface area (Å²) in [5.74, 6) is 1.03. The zero-order valence-electron chi connectivity index (χ0n) is 24.0. The topological polar surface area (TPSA) is 12.0 Å². The zero-order valence-corrected chi connectivity index (χ0v) is 25.7. The van der Waals surface area contributed by atoms with E-state index in [1.165, 1.54) is 43.2 Å². The van der Waals surface area contributed by atoms with Gasteiger partial charge in [-0.15, -0.1) is 11.8 Å². The molecular formula is C38H38NPS. The standard InChI is InChI=1S/C38H38NPS/c1-3-38(36-29(2)15-13-23-34(36)39-27-28-41-33-21-11-6-12-22-33)26-25-30-16-14-24-35(37(30)38)40(31-17-7-4-8-18-31)32-19-9-5-10-20-32/h4-24,39H,3,25-28H2,1-2H3/t38-/m1/s1. The van der Waals surface area contributed by atoms with Crippen LogP contribution in [0.25, 0.3) is 0 Å². The number of hydrogen-bond donors (Lipinski definition) is 1. The maximum atomic E-state index is 3.89. The number of aryl methyl sites for hydroxylation is 2. The van der Waals surface area contributed by atoms with E-state index >= 15 is 0 Å². The molecule has 0 heterocycles. The lowest BCUT2D eigenvalue weighted by molar-refractivity contribution is 0.493. The fourth-order valence-corrected chi connectivity index (χ4v) is 10.1. The largest absolute Gasteiger partial charge is 0.384 e. The third kappa shape index (κ3) is 5.61. The van der Waals surface area contributed by atoms with Gasteiger partial charge in [0.1, 0.15) is 0 Å². The molecule has 0 amide bonds. The quantitative estimate of drug-likeness (QED) is 0.102. The van der Waals surface area contributed by atoms with Crippen molar-refractivity contribution in [1.82, 2.24) is 0 Å². The Kier molecular flexibility index (Phi) is 8.61. The summed E-state index contributed by atoms with van der Waals surface area (Å²) in [4.78, 5) is 1.33. The van der Waals surface area contributed by atoms with Crippen molar-refractivity contribution in [1.29, 1.82) is 0 Å². The van der Waals surface area contributed by atoms with E-state index in [1.54, 1.807) is 5.56 Å². The first kappa shape index (κ1) is 27.8. The van der Waals surface area contributed by atoms with Crippen LogP contribution in [-0.4, -0.2) is 12.3 Å². The Morgan fingerprint density at radius 2 is 1.34 bits per heavy atom. The van der Waals surface area contributed by atoms with Crippen LogP contribution in [0.2, 0.25) is 0 Å². The van der Waals surface area contributed by atoms with Crippen molar-refractivity contribution in [2.75, 3.05) is 17.6 Å². The molecule has 0 radical (unpaired) electrons. The summed E-state index contributed by atoms with van der Waals surface area (Å²) in [6, 6.07) is 47.0. The van der Waals surface area contributed by atoms with Crippen molar-refractivity contribution in [3.63, 3.8) is 0 Å². The second-order valence-electron chi connectivity index (χ2n) is 10.8. The minimum atomic E-state index is -0.686. The highest BCUT2D eigenvalue weighted by Gasteiger charge is 2.44. The molecule has 0 aromatic heterocycles. The number of anilines is 1. The Morgan fingerprint density at radius 3 is 2.00 bits per heavy atom. The maximum Gasteiger partial charge on any atom is 0.0384 e. The molecule has 0 fully saturated rings. The monoisotopic (exact) mass is 571 g/mol. The summed E-state index contributed by atoms with van der Waals surface area (Å²) in [5.41, 5.74) is 7.27. The average Bonchev–Trinajstić information content (AvgIpc) is 3.41. The number of rotatable bonds is 10. The van der Waals surface area contributed by atoms with Gasteiger partial charge in [-0.25, -0.2) is 0 Å². The summed E-state index contributed by atoms with van der Waals surface area (Å²) in [6.45, 7) is 5.65. The van der Waals surface area contributed by atoms with Crippen molar-refractivity contribution in [2.24, 2.45) is 0 Å². The van der Waals surface area contributed by atoms with Crippen LogP contribution in [0, 0.1) is 6.92 Å². The van der Waals surface area contributed by atoms with E-state index in [-0.39, 0.29) is 5.41 Å². The molecule has 1 nitrogen and oxygen atoms in total.